The third-order valence-corrected chi connectivity index (χ3v) is 2.63. The van der Waals surface area contributed by atoms with E-state index < -0.39 is 23.2 Å². The summed E-state index contributed by atoms with van der Waals surface area (Å²) < 4.78 is 9.88. The van der Waals surface area contributed by atoms with Gasteiger partial charge in [-0.25, -0.2) is 9.59 Å². The molecule has 106 valence electrons. The van der Waals surface area contributed by atoms with Crippen LogP contribution in [0.15, 0.2) is 0 Å². The van der Waals surface area contributed by atoms with Gasteiger partial charge in [-0.15, -0.1) is 0 Å². The number of ether oxygens (including phenoxy) is 2. The highest BCUT2D eigenvalue weighted by molar-refractivity contribution is 6.17. The number of rotatable bonds is 4. The van der Waals surface area contributed by atoms with Crippen molar-refractivity contribution in [2.24, 2.45) is 5.92 Å². The van der Waals surface area contributed by atoms with Gasteiger partial charge >= 0.3 is 12.1 Å². The lowest BCUT2D eigenvalue weighted by Crippen LogP contribution is -2.57. The number of alkyl halides is 1. The van der Waals surface area contributed by atoms with Crippen LogP contribution in [0.5, 0.6) is 0 Å². The molecule has 0 saturated heterocycles. The second kappa shape index (κ2) is 6.27. The highest BCUT2D eigenvalue weighted by Crippen LogP contribution is 2.20. The molecule has 0 fully saturated rings. The molecule has 0 aromatic rings. The number of hydrogen-bond donors (Lipinski definition) is 1. The molecule has 0 heterocycles. The van der Waals surface area contributed by atoms with Gasteiger partial charge in [0.2, 0.25) is 0 Å². The third-order valence-electron chi connectivity index (χ3n) is 2.53. The summed E-state index contributed by atoms with van der Waals surface area (Å²) in [5, 5.41) is 2.54. The third kappa shape index (κ3) is 5.12. The van der Waals surface area contributed by atoms with Gasteiger partial charge in [0, 0.05) is 0 Å². The normalized spacial score (nSPS) is 14.9. The first-order valence-corrected chi connectivity index (χ1v) is 6.30. The van der Waals surface area contributed by atoms with E-state index in [9.17, 15) is 9.59 Å². The van der Waals surface area contributed by atoms with Gasteiger partial charge in [0.1, 0.15) is 11.1 Å². The molecule has 0 spiro atoms. The number of esters is 1. The summed E-state index contributed by atoms with van der Waals surface area (Å²) in [6, 6.07) is -0.253. The zero-order valence-electron chi connectivity index (χ0n) is 11.8. The van der Waals surface area contributed by atoms with Crippen molar-refractivity contribution >= 4 is 23.7 Å². The lowest BCUT2D eigenvalue weighted by molar-refractivity contribution is -0.150. The topological polar surface area (TPSA) is 64.6 Å². The monoisotopic (exact) mass is 279 g/mol. The molecule has 0 aromatic carbocycles. The molecule has 0 rings (SSSR count). The number of halogens is 1. The number of nitrogens with one attached hydrogen (secondary N) is 1. The quantitative estimate of drug-likeness (QED) is 0.635. The minimum absolute atomic E-state index is 0.166. The van der Waals surface area contributed by atoms with Gasteiger partial charge in [-0.05, 0) is 33.6 Å². The van der Waals surface area contributed by atoms with E-state index in [4.69, 9.17) is 21.1 Å². The highest BCUT2D eigenvalue weighted by Gasteiger charge is 2.40. The molecular weight excluding hydrogens is 258 g/mol. The molecule has 0 aromatic heterocycles. The van der Waals surface area contributed by atoms with Gasteiger partial charge in [-0.2, -0.15) is 0 Å². The highest BCUT2D eigenvalue weighted by atomic mass is 35.5. The maximum Gasteiger partial charge on any atom is 0.408 e. The van der Waals surface area contributed by atoms with E-state index in [0.717, 1.165) is 0 Å². The summed E-state index contributed by atoms with van der Waals surface area (Å²) in [7, 11) is 0. The van der Waals surface area contributed by atoms with E-state index >= 15 is 0 Å². The predicted octanol–water partition coefficient (Wildman–Crippen LogP) is 2.67. The summed E-state index contributed by atoms with van der Waals surface area (Å²) in [4.78, 5) is 23.5. The lowest BCUT2D eigenvalue weighted by atomic mass is 9.88. The maximum atomic E-state index is 11.8. The lowest BCUT2D eigenvalue weighted by Gasteiger charge is -2.32. The fourth-order valence-corrected chi connectivity index (χ4v) is 1.25. The molecule has 1 unspecified atom stereocenters. The van der Waals surface area contributed by atoms with Crippen LogP contribution in [-0.2, 0) is 14.3 Å². The Balaban J connectivity index is 4.83. The maximum absolute atomic E-state index is 11.8. The van der Waals surface area contributed by atoms with Crippen LogP contribution in [0.2, 0.25) is 0 Å². The molecule has 5 nitrogen and oxygen atoms in total. The van der Waals surface area contributed by atoms with Crippen molar-refractivity contribution in [1.29, 1.82) is 0 Å². The molecular formula is C12H22ClNO4. The van der Waals surface area contributed by atoms with E-state index in [2.05, 4.69) is 5.32 Å². The summed E-state index contributed by atoms with van der Waals surface area (Å²) in [6.07, 6.45) is -0.662. The van der Waals surface area contributed by atoms with Crippen LogP contribution in [0.4, 0.5) is 4.79 Å². The minimum Gasteiger partial charge on any atom is -0.448 e. The second-order valence-corrected chi connectivity index (χ2v) is 5.74. The van der Waals surface area contributed by atoms with Crippen molar-refractivity contribution < 1.29 is 19.1 Å². The van der Waals surface area contributed by atoms with E-state index in [0.29, 0.717) is 0 Å². The average Bonchev–Trinajstić information content (AvgIpc) is 2.14. The average molecular weight is 280 g/mol. The Labute approximate surface area is 113 Å². The van der Waals surface area contributed by atoms with Gasteiger partial charge in [-0.1, -0.05) is 25.4 Å². The molecule has 1 N–H and O–H groups in total. The fourth-order valence-electron chi connectivity index (χ4n) is 1.15. The molecule has 0 aliphatic heterocycles. The van der Waals surface area contributed by atoms with Crippen LogP contribution in [0.25, 0.3) is 0 Å². The van der Waals surface area contributed by atoms with Crippen molar-refractivity contribution in [2.75, 3.05) is 6.07 Å². The first-order valence-electron chi connectivity index (χ1n) is 5.77. The van der Waals surface area contributed by atoms with Crippen molar-refractivity contribution in [3.05, 3.63) is 0 Å². The minimum atomic E-state index is -1.17. The molecule has 1 amide bonds. The summed E-state index contributed by atoms with van der Waals surface area (Å²) >= 11 is 5.36. The summed E-state index contributed by atoms with van der Waals surface area (Å²) in [5.41, 5.74) is -1.80. The zero-order valence-corrected chi connectivity index (χ0v) is 12.6. The van der Waals surface area contributed by atoms with Gasteiger partial charge in [0.25, 0.3) is 0 Å². The van der Waals surface area contributed by atoms with Crippen LogP contribution in [0, 0.1) is 5.92 Å². The van der Waals surface area contributed by atoms with Gasteiger partial charge in [0.05, 0.1) is 0 Å². The van der Waals surface area contributed by atoms with Crippen LogP contribution >= 0.6 is 11.6 Å². The predicted molar refractivity (Wildman–Crippen MR) is 69.4 cm³/mol. The van der Waals surface area contributed by atoms with Crippen molar-refractivity contribution in [3.8, 4) is 0 Å². The Morgan fingerprint density at radius 1 is 1.22 bits per heavy atom. The molecule has 6 heteroatoms. The smallest absolute Gasteiger partial charge is 0.408 e. The molecule has 0 bridgehead atoms. The van der Waals surface area contributed by atoms with Crippen LogP contribution in [-0.4, -0.2) is 29.3 Å². The molecule has 0 aliphatic rings. The first-order chi connectivity index (χ1) is 8.03. The van der Waals surface area contributed by atoms with E-state index in [1.54, 1.807) is 41.5 Å². The Morgan fingerprint density at radius 3 is 2.06 bits per heavy atom. The van der Waals surface area contributed by atoms with E-state index in [-0.39, 0.29) is 12.0 Å². The first kappa shape index (κ1) is 17.0. The Kier molecular flexibility index (Phi) is 5.93. The SMILES string of the molecule is CC(C)C(C)(NC(=O)OC(C)(C)C)C(=O)OCCl. The summed E-state index contributed by atoms with van der Waals surface area (Å²) in [5.74, 6) is -0.751. The number of hydrogen-bond acceptors (Lipinski definition) is 4. The van der Waals surface area contributed by atoms with Crippen LogP contribution in [0.1, 0.15) is 41.5 Å². The van der Waals surface area contributed by atoms with Crippen molar-refractivity contribution in [2.45, 2.75) is 52.7 Å². The van der Waals surface area contributed by atoms with E-state index in [1.165, 1.54) is 0 Å². The standard InChI is InChI=1S/C12H22ClNO4/c1-8(2)12(6,9(15)17-7-13)14-10(16)18-11(3,4)5/h8H,7H2,1-6H3,(H,14,16). The second-order valence-electron chi connectivity index (χ2n) is 5.52. The largest absolute Gasteiger partial charge is 0.448 e. The Morgan fingerprint density at radius 2 is 1.72 bits per heavy atom. The van der Waals surface area contributed by atoms with Gasteiger partial charge in [0.15, 0.2) is 6.07 Å². The van der Waals surface area contributed by atoms with E-state index in [1.807, 2.05) is 0 Å². The molecule has 0 saturated carbocycles. The van der Waals surface area contributed by atoms with Crippen molar-refractivity contribution in [3.63, 3.8) is 0 Å². The van der Waals surface area contributed by atoms with Crippen molar-refractivity contribution in [1.82, 2.24) is 5.32 Å². The fraction of sp³-hybridized carbons (Fsp3) is 0.833. The molecule has 1 atom stereocenters. The Hall–Kier alpha value is -0.970. The number of carbonyl (C=O) groups excluding carboxylic acids is 2. The number of amides is 1. The Bertz CT molecular complexity index is 312. The van der Waals surface area contributed by atoms with Gasteiger partial charge < -0.3 is 14.8 Å². The molecule has 0 aliphatic carbocycles. The van der Waals surface area contributed by atoms with Crippen LogP contribution < -0.4 is 5.32 Å². The van der Waals surface area contributed by atoms with Crippen LogP contribution in [0.3, 0.4) is 0 Å². The number of alkyl carbamates (subject to hydrolysis) is 1. The number of carbonyl (C=O) groups is 2. The molecule has 0 radical (unpaired) electrons. The zero-order chi connectivity index (χ0) is 14.6. The molecule has 18 heavy (non-hydrogen) atoms. The van der Waals surface area contributed by atoms with Gasteiger partial charge in [-0.3, -0.25) is 0 Å². The summed E-state index contributed by atoms with van der Waals surface area (Å²) in [6.45, 7) is 10.4.